The van der Waals surface area contributed by atoms with E-state index in [1.165, 1.54) is 4.90 Å². The predicted octanol–water partition coefficient (Wildman–Crippen LogP) is 1.98. The molecule has 1 heterocycles. The van der Waals surface area contributed by atoms with Gasteiger partial charge >= 0.3 is 6.09 Å². The van der Waals surface area contributed by atoms with Crippen LogP contribution in [0.4, 0.5) is 9.18 Å². The summed E-state index contributed by atoms with van der Waals surface area (Å²) in [5, 5.41) is 0. The topological polar surface area (TPSA) is 38.8 Å². The standard InChI is InChI=1S/C11H20FNO3/c1-11(2,3)16-10(14)13-6-8(12)5-9(13)7-15-4/h8-9H,5-7H2,1-4H3/t8-,9+/m0/s1. The number of alkyl halides is 1. The van der Waals surface area contributed by atoms with Crippen LogP contribution in [0.3, 0.4) is 0 Å². The second-order valence-corrected chi connectivity index (χ2v) is 5.07. The fraction of sp³-hybridized carbons (Fsp3) is 0.909. The molecule has 0 bridgehead atoms. The fourth-order valence-corrected chi connectivity index (χ4v) is 1.75. The highest BCUT2D eigenvalue weighted by atomic mass is 19.1. The van der Waals surface area contributed by atoms with Crippen LogP contribution < -0.4 is 0 Å². The summed E-state index contributed by atoms with van der Waals surface area (Å²) in [7, 11) is 1.54. The van der Waals surface area contributed by atoms with E-state index in [0.717, 1.165) is 0 Å². The van der Waals surface area contributed by atoms with E-state index in [1.807, 2.05) is 0 Å². The van der Waals surface area contributed by atoms with Crippen molar-refractivity contribution in [3.63, 3.8) is 0 Å². The van der Waals surface area contributed by atoms with Crippen molar-refractivity contribution in [3.05, 3.63) is 0 Å². The van der Waals surface area contributed by atoms with Gasteiger partial charge < -0.3 is 9.47 Å². The van der Waals surface area contributed by atoms with Crippen LogP contribution in [0.1, 0.15) is 27.2 Å². The number of carbonyl (C=O) groups excluding carboxylic acids is 1. The van der Waals surface area contributed by atoms with E-state index < -0.39 is 17.9 Å². The fourth-order valence-electron chi connectivity index (χ4n) is 1.75. The van der Waals surface area contributed by atoms with Gasteiger partial charge in [0.05, 0.1) is 19.2 Å². The normalized spacial score (nSPS) is 25.9. The van der Waals surface area contributed by atoms with Crippen LogP contribution in [-0.2, 0) is 9.47 Å². The van der Waals surface area contributed by atoms with Gasteiger partial charge in [0, 0.05) is 13.5 Å². The van der Waals surface area contributed by atoms with E-state index in [9.17, 15) is 9.18 Å². The Labute approximate surface area is 95.7 Å². The first-order valence-electron chi connectivity index (χ1n) is 5.46. The number of halogens is 1. The molecule has 0 aromatic rings. The van der Waals surface area contributed by atoms with E-state index in [0.29, 0.717) is 13.0 Å². The lowest BCUT2D eigenvalue weighted by Gasteiger charge is -2.27. The van der Waals surface area contributed by atoms with Gasteiger partial charge in [-0.05, 0) is 20.8 Å². The molecular weight excluding hydrogens is 213 g/mol. The molecule has 0 aromatic carbocycles. The molecule has 1 amide bonds. The summed E-state index contributed by atoms with van der Waals surface area (Å²) in [6.07, 6.45) is -1.12. The molecule has 0 spiro atoms. The smallest absolute Gasteiger partial charge is 0.410 e. The van der Waals surface area contributed by atoms with Gasteiger partial charge in [0.1, 0.15) is 11.8 Å². The molecule has 1 saturated heterocycles. The first-order valence-corrected chi connectivity index (χ1v) is 5.46. The lowest BCUT2D eigenvalue weighted by Crippen LogP contribution is -2.41. The zero-order chi connectivity index (χ0) is 12.3. The Morgan fingerprint density at radius 1 is 1.50 bits per heavy atom. The first-order chi connectivity index (χ1) is 7.33. The van der Waals surface area contributed by atoms with E-state index >= 15 is 0 Å². The van der Waals surface area contributed by atoms with E-state index in [1.54, 1.807) is 27.9 Å². The van der Waals surface area contributed by atoms with Crippen molar-refractivity contribution in [3.8, 4) is 0 Å². The summed E-state index contributed by atoms with van der Waals surface area (Å²) in [6, 6.07) is -0.213. The summed E-state index contributed by atoms with van der Waals surface area (Å²) in [4.78, 5) is 13.2. The number of hydrogen-bond acceptors (Lipinski definition) is 3. The number of likely N-dealkylation sites (tertiary alicyclic amines) is 1. The Hall–Kier alpha value is -0.840. The zero-order valence-electron chi connectivity index (χ0n) is 10.3. The number of methoxy groups -OCH3 is 1. The lowest BCUT2D eigenvalue weighted by molar-refractivity contribution is 0.0143. The molecule has 1 fully saturated rings. The minimum absolute atomic E-state index is 0.100. The van der Waals surface area contributed by atoms with Gasteiger partial charge in [0.15, 0.2) is 0 Å². The molecule has 0 aromatic heterocycles. The number of carbonyl (C=O) groups is 1. The number of amides is 1. The molecule has 5 heteroatoms. The molecular formula is C11H20FNO3. The Morgan fingerprint density at radius 2 is 2.12 bits per heavy atom. The lowest BCUT2D eigenvalue weighted by atomic mass is 10.2. The highest BCUT2D eigenvalue weighted by Gasteiger charge is 2.37. The van der Waals surface area contributed by atoms with Crippen LogP contribution in [0.25, 0.3) is 0 Å². The quantitative estimate of drug-likeness (QED) is 0.732. The molecule has 0 aliphatic carbocycles. The van der Waals surface area contributed by atoms with Crippen molar-refractivity contribution in [2.75, 3.05) is 20.3 Å². The van der Waals surface area contributed by atoms with Gasteiger partial charge in [-0.2, -0.15) is 0 Å². The number of hydrogen-bond donors (Lipinski definition) is 0. The minimum Gasteiger partial charge on any atom is -0.444 e. The van der Waals surface area contributed by atoms with Crippen LogP contribution in [-0.4, -0.2) is 49.1 Å². The maximum Gasteiger partial charge on any atom is 0.410 e. The summed E-state index contributed by atoms with van der Waals surface area (Å²) in [5.74, 6) is 0. The maximum absolute atomic E-state index is 13.2. The van der Waals surface area contributed by atoms with E-state index in [2.05, 4.69) is 0 Å². The number of nitrogens with zero attached hydrogens (tertiary/aromatic N) is 1. The molecule has 4 nitrogen and oxygen atoms in total. The second kappa shape index (κ2) is 4.99. The molecule has 0 N–H and O–H groups in total. The third-order valence-electron chi connectivity index (χ3n) is 2.35. The average molecular weight is 233 g/mol. The summed E-state index contributed by atoms with van der Waals surface area (Å²) in [6.45, 7) is 5.82. The van der Waals surface area contributed by atoms with Crippen molar-refractivity contribution < 1.29 is 18.7 Å². The molecule has 0 saturated carbocycles. The monoisotopic (exact) mass is 233 g/mol. The van der Waals surface area contributed by atoms with E-state index in [-0.39, 0.29) is 12.6 Å². The summed E-state index contributed by atoms with van der Waals surface area (Å²) in [5.41, 5.74) is -0.552. The van der Waals surface area contributed by atoms with Crippen LogP contribution in [0.15, 0.2) is 0 Å². The van der Waals surface area contributed by atoms with Crippen molar-refractivity contribution in [1.29, 1.82) is 0 Å². The van der Waals surface area contributed by atoms with Crippen molar-refractivity contribution in [2.45, 2.75) is 45.0 Å². The molecule has 1 aliphatic heterocycles. The van der Waals surface area contributed by atoms with Crippen molar-refractivity contribution in [2.24, 2.45) is 0 Å². The molecule has 94 valence electrons. The Bertz CT molecular complexity index is 252. The van der Waals surface area contributed by atoms with Crippen LogP contribution >= 0.6 is 0 Å². The highest BCUT2D eigenvalue weighted by molar-refractivity contribution is 5.69. The maximum atomic E-state index is 13.2. The Morgan fingerprint density at radius 3 is 2.62 bits per heavy atom. The Kier molecular flexibility index (Phi) is 4.13. The minimum atomic E-state index is -0.979. The zero-order valence-corrected chi connectivity index (χ0v) is 10.3. The van der Waals surface area contributed by atoms with Crippen molar-refractivity contribution >= 4 is 6.09 Å². The number of rotatable bonds is 2. The van der Waals surface area contributed by atoms with Gasteiger partial charge in [-0.3, -0.25) is 4.90 Å². The van der Waals surface area contributed by atoms with E-state index in [4.69, 9.17) is 9.47 Å². The van der Waals surface area contributed by atoms with Crippen molar-refractivity contribution in [1.82, 2.24) is 4.90 Å². The molecule has 0 unspecified atom stereocenters. The number of ether oxygens (including phenoxy) is 2. The third-order valence-corrected chi connectivity index (χ3v) is 2.35. The molecule has 0 radical (unpaired) electrons. The highest BCUT2D eigenvalue weighted by Crippen LogP contribution is 2.23. The van der Waals surface area contributed by atoms with Crippen LogP contribution in [0, 0.1) is 0 Å². The summed E-state index contributed by atoms with van der Waals surface area (Å²) >= 11 is 0. The molecule has 1 aliphatic rings. The summed E-state index contributed by atoms with van der Waals surface area (Å²) < 4.78 is 23.4. The Balaban J connectivity index is 2.59. The SMILES string of the molecule is COC[C@H]1C[C@H](F)CN1C(=O)OC(C)(C)C. The molecule has 2 atom stereocenters. The van der Waals surface area contributed by atoms with Gasteiger partial charge in [-0.15, -0.1) is 0 Å². The van der Waals surface area contributed by atoms with Gasteiger partial charge in [0.2, 0.25) is 0 Å². The first kappa shape index (κ1) is 13.2. The van der Waals surface area contributed by atoms with Crippen LogP contribution in [0.2, 0.25) is 0 Å². The second-order valence-electron chi connectivity index (χ2n) is 5.07. The largest absolute Gasteiger partial charge is 0.444 e. The van der Waals surface area contributed by atoms with Gasteiger partial charge in [0.25, 0.3) is 0 Å². The van der Waals surface area contributed by atoms with Gasteiger partial charge in [-0.1, -0.05) is 0 Å². The third kappa shape index (κ3) is 3.63. The average Bonchev–Trinajstić information content (AvgIpc) is 2.44. The van der Waals surface area contributed by atoms with Crippen LogP contribution in [0.5, 0.6) is 0 Å². The molecule has 1 rings (SSSR count). The van der Waals surface area contributed by atoms with Gasteiger partial charge in [-0.25, -0.2) is 9.18 Å². The predicted molar refractivity (Wildman–Crippen MR) is 58.1 cm³/mol. The molecule has 16 heavy (non-hydrogen) atoms.